The van der Waals surface area contributed by atoms with Gasteiger partial charge in [0.15, 0.2) is 5.82 Å². The number of tetrazole rings is 1. The van der Waals surface area contributed by atoms with Gasteiger partial charge in [0.05, 0.1) is 23.6 Å². The lowest BCUT2D eigenvalue weighted by molar-refractivity contribution is -0.384. The Morgan fingerprint density at radius 2 is 2.25 bits per heavy atom. The number of anilines is 1. The van der Waals surface area contributed by atoms with Crippen molar-refractivity contribution in [2.45, 2.75) is 26.5 Å². The van der Waals surface area contributed by atoms with Gasteiger partial charge in [-0.25, -0.2) is 0 Å². The number of nitrogens with one attached hydrogen (secondary N) is 2. The fraction of sp³-hybridized carbons (Fsp3) is 0.364. The zero-order valence-electron chi connectivity index (χ0n) is 11.0. The smallest absolute Gasteiger partial charge is 0.275 e. The van der Waals surface area contributed by atoms with E-state index in [0.29, 0.717) is 23.8 Å². The zero-order chi connectivity index (χ0) is 14.5. The lowest BCUT2D eigenvalue weighted by atomic mass is 10.2. The number of H-pyrrole nitrogens is 1. The number of rotatable bonds is 6. The van der Waals surface area contributed by atoms with Crippen LogP contribution in [0.1, 0.15) is 19.7 Å². The minimum absolute atomic E-state index is 0.0428. The lowest BCUT2D eigenvalue weighted by Crippen LogP contribution is -2.07. The first-order chi connectivity index (χ1) is 9.54. The van der Waals surface area contributed by atoms with Gasteiger partial charge in [0, 0.05) is 17.8 Å². The largest absolute Gasteiger partial charge is 0.491 e. The molecule has 0 saturated heterocycles. The molecule has 2 N–H and O–H groups in total. The highest BCUT2D eigenvalue weighted by Crippen LogP contribution is 2.26. The minimum Gasteiger partial charge on any atom is -0.491 e. The molecule has 1 heterocycles. The Morgan fingerprint density at radius 3 is 2.85 bits per heavy atom. The molecule has 9 heteroatoms. The first kappa shape index (κ1) is 13.7. The lowest BCUT2D eigenvalue weighted by Gasteiger charge is -2.11. The van der Waals surface area contributed by atoms with Crippen LogP contribution in [0.3, 0.4) is 0 Å². The predicted molar refractivity (Wildman–Crippen MR) is 70.4 cm³/mol. The molecule has 0 amide bonds. The van der Waals surface area contributed by atoms with Crippen LogP contribution in [0.15, 0.2) is 18.2 Å². The SMILES string of the molecule is CC(C)Oc1cc(NCc2nn[nH]n2)cc([N+](=O)[O-])c1. The molecule has 0 spiro atoms. The molecule has 0 atom stereocenters. The van der Waals surface area contributed by atoms with Crippen LogP contribution in [0.4, 0.5) is 11.4 Å². The molecule has 0 fully saturated rings. The molecule has 20 heavy (non-hydrogen) atoms. The second kappa shape index (κ2) is 5.95. The van der Waals surface area contributed by atoms with E-state index in [4.69, 9.17) is 4.74 Å². The van der Waals surface area contributed by atoms with Crippen molar-refractivity contribution >= 4 is 11.4 Å². The summed E-state index contributed by atoms with van der Waals surface area (Å²) in [6.07, 6.45) is -0.0675. The number of nitro benzene ring substituents is 1. The van der Waals surface area contributed by atoms with Crippen molar-refractivity contribution in [2.24, 2.45) is 0 Å². The van der Waals surface area contributed by atoms with Crippen molar-refractivity contribution < 1.29 is 9.66 Å². The summed E-state index contributed by atoms with van der Waals surface area (Å²) in [7, 11) is 0. The summed E-state index contributed by atoms with van der Waals surface area (Å²) < 4.78 is 5.49. The number of nitro groups is 1. The van der Waals surface area contributed by atoms with E-state index in [1.54, 1.807) is 6.07 Å². The van der Waals surface area contributed by atoms with Crippen LogP contribution >= 0.6 is 0 Å². The van der Waals surface area contributed by atoms with E-state index < -0.39 is 4.92 Å². The standard InChI is InChI=1S/C11H14N6O3/c1-7(2)20-10-4-8(3-9(5-10)17(18)19)12-6-11-13-15-16-14-11/h3-5,7,12H,6H2,1-2H3,(H,13,14,15,16). The van der Waals surface area contributed by atoms with Gasteiger partial charge in [0.2, 0.25) is 0 Å². The highest BCUT2D eigenvalue weighted by Gasteiger charge is 2.12. The third-order valence-electron chi connectivity index (χ3n) is 2.31. The summed E-state index contributed by atoms with van der Waals surface area (Å²) in [5.74, 6) is 0.896. The van der Waals surface area contributed by atoms with Crippen molar-refractivity contribution in [1.29, 1.82) is 0 Å². The molecular weight excluding hydrogens is 264 g/mol. The van der Waals surface area contributed by atoms with Gasteiger partial charge in [-0.15, -0.1) is 10.2 Å². The van der Waals surface area contributed by atoms with Crippen LogP contribution in [-0.4, -0.2) is 31.7 Å². The quantitative estimate of drug-likeness (QED) is 0.607. The van der Waals surface area contributed by atoms with E-state index >= 15 is 0 Å². The van der Waals surface area contributed by atoms with Gasteiger partial charge >= 0.3 is 0 Å². The maximum atomic E-state index is 10.9. The van der Waals surface area contributed by atoms with E-state index in [1.807, 2.05) is 13.8 Å². The van der Waals surface area contributed by atoms with Gasteiger partial charge in [0.1, 0.15) is 5.75 Å². The highest BCUT2D eigenvalue weighted by atomic mass is 16.6. The number of hydrogen-bond donors (Lipinski definition) is 2. The van der Waals surface area contributed by atoms with Crippen LogP contribution in [-0.2, 0) is 6.54 Å². The third kappa shape index (κ3) is 3.64. The third-order valence-corrected chi connectivity index (χ3v) is 2.31. The Morgan fingerprint density at radius 1 is 1.45 bits per heavy atom. The van der Waals surface area contributed by atoms with Gasteiger partial charge in [-0.1, -0.05) is 5.21 Å². The van der Waals surface area contributed by atoms with Gasteiger partial charge in [0.25, 0.3) is 5.69 Å². The summed E-state index contributed by atoms with van der Waals surface area (Å²) in [6, 6.07) is 4.50. The molecule has 106 valence electrons. The first-order valence-corrected chi connectivity index (χ1v) is 5.97. The van der Waals surface area contributed by atoms with Crippen molar-refractivity contribution in [3.8, 4) is 5.75 Å². The van der Waals surface area contributed by atoms with Crippen molar-refractivity contribution in [3.05, 3.63) is 34.1 Å². The maximum Gasteiger partial charge on any atom is 0.275 e. The van der Waals surface area contributed by atoms with E-state index in [2.05, 4.69) is 25.9 Å². The molecule has 0 aliphatic carbocycles. The molecule has 0 radical (unpaired) electrons. The number of non-ortho nitro benzene ring substituents is 1. The molecule has 0 unspecified atom stereocenters. The average molecular weight is 278 g/mol. The number of benzene rings is 1. The maximum absolute atomic E-state index is 10.9. The van der Waals surface area contributed by atoms with Gasteiger partial charge in [-0.2, -0.15) is 5.21 Å². The summed E-state index contributed by atoms with van der Waals surface area (Å²) in [5.41, 5.74) is 0.512. The Balaban J connectivity index is 2.17. The second-order valence-electron chi connectivity index (χ2n) is 4.32. The molecule has 2 aromatic rings. The van der Waals surface area contributed by atoms with Crippen molar-refractivity contribution in [2.75, 3.05) is 5.32 Å². The van der Waals surface area contributed by atoms with Crippen LogP contribution < -0.4 is 10.1 Å². The second-order valence-corrected chi connectivity index (χ2v) is 4.32. The Kier molecular flexibility index (Phi) is 4.08. The number of ether oxygens (including phenoxy) is 1. The van der Waals surface area contributed by atoms with Crippen LogP contribution in [0.2, 0.25) is 0 Å². The average Bonchev–Trinajstić information content (AvgIpc) is 2.88. The number of hydrogen-bond acceptors (Lipinski definition) is 7. The molecule has 1 aromatic carbocycles. The fourth-order valence-electron chi connectivity index (χ4n) is 1.57. The van der Waals surface area contributed by atoms with Crippen LogP contribution in [0.25, 0.3) is 0 Å². The molecular formula is C11H14N6O3. The Hall–Kier alpha value is -2.71. The fourth-order valence-corrected chi connectivity index (χ4v) is 1.57. The molecule has 0 aliphatic heterocycles. The van der Waals surface area contributed by atoms with E-state index in [1.165, 1.54) is 12.1 Å². The van der Waals surface area contributed by atoms with Gasteiger partial charge in [-0.05, 0) is 13.8 Å². The monoisotopic (exact) mass is 278 g/mol. The van der Waals surface area contributed by atoms with Gasteiger partial charge in [-0.3, -0.25) is 10.1 Å². The number of nitrogens with zero attached hydrogens (tertiary/aromatic N) is 4. The summed E-state index contributed by atoms with van der Waals surface area (Å²) in [5, 5.41) is 27.2. The summed E-state index contributed by atoms with van der Waals surface area (Å²) in [4.78, 5) is 10.4. The summed E-state index contributed by atoms with van der Waals surface area (Å²) in [6.45, 7) is 4.01. The normalized spacial score (nSPS) is 10.6. The van der Waals surface area contributed by atoms with Crippen LogP contribution in [0.5, 0.6) is 5.75 Å². The highest BCUT2D eigenvalue weighted by molar-refractivity contribution is 5.56. The van der Waals surface area contributed by atoms with Crippen molar-refractivity contribution in [3.63, 3.8) is 0 Å². The number of aromatic amines is 1. The summed E-state index contributed by atoms with van der Waals surface area (Å²) >= 11 is 0. The zero-order valence-corrected chi connectivity index (χ0v) is 11.0. The molecule has 0 saturated carbocycles. The Bertz CT molecular complexity index is 584. The van der Waals surface area contributed by atoms with Crippen LogP contribution in [0, 0.1) is 10.1 Å². The minimum atomic E-state index is -0.466. The molecule has 2 rings (SSSR count). The molecule has 0 bridgehead atoms. The van der Waals surface area contributed by atoms with E-state index in [0.717, 1.165) is 0 Å². The topological polar surface area (TPSA) is 119 Å². The molecule has 1 aromatic heterocycles. The molecule has 0 aliphatic rings. The van der Waals surface area contributed by atoms with Crippen molar-refractivity contribution in [1.82, 2.24) is 20.6 Å². The predicted octanol–water partition coefficient (Wildman–Crippen LogP) is 1.51. The van der Waals surface area contributed by atoms with E-state index in [9.17, 15) is 10.1 Å². The number of aromatic nitrogens is 4. The van der Waals surface area contributed by atoms with Gasteiger partial charge < -0.3 is 10.1 Å². The van der Waals surface area contributed by atoms with E-state index in [-0.39, 0.29) is 11.8 Å². The Labute approximate surface area is 114 Å². The first-order valence-electron chi connectivity index (χ1n) is 5.97. The molecule has 9 nitrogen and oxygen atoms in total.